The summed E-state index contributed by atoms with van der Waals surface area (Å²) < 4.78 is 2.58. The second kappa shape index (κ2) is 4.91. The minimum atomic E-state index is -0.314. The Bertz CT molecular complexity index is 679. The zero-order valence-electron chi connectivity index (χ0n) is 9.74. The maximum atomic E-state index is 11.9. The van der Waals surface area contributed by atoms with Crippen LogP contribution in [0.4, 0.5) is 0 Å². The lowest BCUT2D eigenvalue weighted by atomic mass is 10.2. The first-order valence-electron chi connectivity index (χ1n) is 5.32. The van der Waals surface area contributed by atoms with Gasteiger partial charge in [0.05, 0.1) is 5.52 Å². The molecular formula is C12H12BrN3O2. The van der Waals surface area contributed by atoms with E-state index in [9.17, 15) is 9.59 Å². The second-order valence-corrected chi connectivity index (χ2v) is 4.88. The van der Waals surface area contributed by atoms with E-state index in [1.807, 2.05) is 6.07 Å². The van der Waals surface area contributed by atoms with Crippen molar-refractivity contribution in [2.24, 2.45) is 5.84 Å². The first-order chi connectivity index (χ1) is 8.52. The van der Waals surface area contributed by atoms with Crippen LogP contribution in [0.15, 0.2) is 33.5 Å². The molecule has 1 aromatic heterocycles. The van der Waals surface area contributed by atoms with Gasteiger partial charge in [0.1, 0.15) is 6.54 Å². The Morgan fingerprint density at radius 2 is 2.17 bits per heavy atom. The van der Waals surface area contributed by atoms with Gasteiger partial charge in [-0.25, -0.2) is 5.84 Å². The van der Waals surface area contributed by atoms with E-state index in [1.165, 1.54) is 6.07 Å². The summed E-state index contributed by atoms with van der Waals surface area (Å²) in [6, 6.07) is 6.89. The van der Waals surface area contributed by atoms with E-state index in [1.54, 1.807) is 23.6 Å². The number of nitrogens with one attached hydrogen (secondary N) is 1. The number of rotatable bonds is 2. The molecule has 0 spiro atoms. The largest absolute Gasteiger partial charge is 0.335 e. The van der Waals surface area contributed by atoms with Crippen LogP contribution < -0.4 is 16.7 Å². The fourth-order valence-corrected chi connectivity index (χ4v) is 2.24. The average Bonchev–Trinajstić information content (AvgIpc) is 2.34. The average molecular weight is 310 g/mol. The van der Waals surface area contributed by atoms with Crippen LogP contribution in [0.5, 0.6) is 0 Å². The number of hydrogen-bond acceptors (Lipinski definition) is 3. The molecule has 0 atom stereocenters. The summed E-state index contributed by atoms with van der Waals surface area (Å²) in [4.78, 5) is 23.3. The normalized spacial score (nSPS) is 10.6. The number of hydrogen-bond donors (Lipinski definition) is 2. The molecular weight excluding hydrogens is 298 g/mol. The number of nitrogens with zero attached hydrogens (tertiary/aromatic N) is 1. The summed E-state index contributed by atoms with van der Waals surface area (Å²) in [7, 11) is 0. The van der Waals surface area contributed by atoms with Gasteiger partial charge in [0.25, 0.3) is 5.91 Å². The SMILES string of the molecule is Cc1cc(=O)c2cc(Br)ccc2n1CC(=O)NN. The first-order valence-corrected chi connectivity index (χ1v) is 6.11. The van der Waals surface area contributed by atoms with Gasteiger partial charge >= 0.3 is 0 Å². The van der Waals surface area contributed by atoms with Crippen LogP contribution in [-0.4, -0.2) is 10.5 Å². The van der Waals surface area contributed by atoms with E-state index in [0.29, 0.717) is 10.9 Å². The molecule has 0 aliphatic heterocycles. The van der Waals surface area contributed by atoms with Gasteiger partial charge in [0.2, 0.25) is 0 Å². The summed E-state index contributed by atoms with van der Waals surface area (Å²) in [6.45, 7) is 1.87. The van der Waals surface area contributed by atoms with E-state index >= 15 is 0 Å². The Kier molecular flexibility index (Phi) is 3.49. The molecule has 5 nitrogen and oxygen atoms in total. The summed E-state index contributed by atoms with van der Waals surface area (Å²) in [5.41, 5.74) is 3.46. The van der Waals surface area contributed by atoms with Gasteiger partial charge in [-0.3, -0.25) is 15.0 Å². The maximum Gasteiger partial charge on any atom is 0.253 e. The minimum absolute atomic E-state index is 0.0618. The smallest absolute Gasteiger partial charge is 0.253 e. The number of pyridine rings is 1. The second-order valence-electron chi connectivity index (χ2n) is 3.97. The molecule has 0 bridgehead atoms. The van der Waals surface area contributed by atoms with Crippen LogP contribution in [0.3, 0.4) is 0 Å². The van der Waals surface area contributed by atoms with Crippen molar-refractivity contribution in [3.63, 3.8) is 0 Å². The van der Waals surface area contributed by atoms with Gasteiger partial charge in [-0.15, -0.1) is 0 Å². The van der Waals surface area contributed by atoms with Crippen LogP contribution in [0.1, 0.15) is 5.69 Å². The topological polar surface area (TPSA) is 77.1 Å². The Hall–Kier alpha value is -1.66. The molecule has 0 unspecified atom stereocenters. The number of aryl methyl sites for hydroxylation is 1. The summed E-state index contributed by atoms with van der Waals surface area (Å²) in [6.07, 6.45) is 0. The fraction of sp³-hybridized carbons (Fsp3) is 0.167. The highest BCUT2D eigenvalue weighted by Crippen LogP contribution is 2.18. The molecule has 2 rings (SSSR count). The lowest BCUT2D eigenvalue weighted by Crippen LogP contribution is -2.34. The zero-order valence-corrected chi connectivity index (χ0v) is 11.3. The van der Waals surface area contributed by atoms with Gasteiger partial charge in [-0.1, -0.05) is 15.9 Å². The highest BCUT2D eigenvalue weighted by Gasteiger charge is 2.09. The van der Waals surface area contributed by atoms with E-state index in [4.69, 9.17) is 5.84 Å². The Balaban J connectivity index is 2.72. The van der Waals surface area contributed by atoms with Crippen LogP contribution in [0, 0.1) is 6.92 Å². The molecule has 1 aromatic carbocycles. The molecule has 0 saturated carbocycles. The maximum absolute atomic E-state index is 11.9. The van der Waals surface area contributed by atoms with Gasteiger partial charge in [0, 0.05) is 21.6 Å². The van der Waals surface area contributed by atoms with Crippen molar-refractivity contribution in [3.05, 3.63) is 44.7 Å². The van der Waals surface area contributed by atoms with Crippen molar-refractivity contribution in [1.82, 2.24) is 9.99 Å². The summed E-state index contributed by atoms with van der Waals surface area (Å²) in [5, 5.41) is 0.569. The number of fused-ring (bicyclic) bond motifs is 1. The summed E-state index contributed by atoms with van der Waals surface area (Å²) in [5.74, 6) is 4.77. The van der Waals surface area contributed by atoms with Crippen LogP contribution >= 0.6 is 15.9 Å². The highest BCUT2D eigenvalue weighted by molar-refractivity contribution is 9.10. The minimum Gasteiger partial charge on any atom is -0.335 e. The number of halogens is 1. The predicted octanol–water partition coefficient (Wildman–Crippen LogP) is 1.06. The van der Waals surface area contributed by atoms with Crippen molar-refractivity contribution in [2.75, 3.05) is 0 Å². The molecule has 18 heavy (non-hydrogen) atoms. The fourth-order valence-electron chi connectivity index (χ4n) is 1.88. The third-order valence-electron chi connectivity index (χ3n) is 2.74. The van der Waals surface area contributed by atoms with E-state index in [2.05, 4.69) is 21.4 Å². The number of carbonyl (C=O) groups is 1. The molecule has 6 heteroatoms. The molecule has 0 fully saturated rings. The molecule has 0 aliphatic rings. The third kappa shape index (κ3) is 2.30. The number of nitrogens with two attached hydrogens (primary N) is 1. The molecule has 2 aromatic rings. The lowest BCUT2D eigenvalue weighted by molar-refractivity contribution is -0.121. The number of aromatic nitrogens is 1. The van der Waals surface area contributed by atoms with Crippen molar-refractivity contribution in [1.29, 1.82) is 0 Å². The van der Waals surface area contributed by atoms with Crippen molar-refractivity contribution in [3.8, 4) is 0 Å². The monoisotopic (exact) mass is 309 g/mol. The first kappa shape index (κ1) is 12.8. The zero-order chi connectivity index (χ0) is 13.3. The van der Waals surface area contributed by atoms with E-state index in [0.717, 1.165) is 10.2 Å². The molecule has 0 aliphatic carbocycles. The Morgan fingerprint density at radius 3 is 2.83 bits per heavy atom. The molecule has 1 heterocycles. The predicted molar refractivity (Wildman–Crippen MR) is 73.0 cm³/mol. The number of hydrazine groups is 1. The number of amides is 1. The Labute approximate surface area is 112 Å². The van der Waals surface area contributed by atoms with Gasteiger partial charge < -0.3 is 4.57 Å². The van der Waals surface area contributed by atoms with Gasteiger partial charge in [-0.05, 0) is 25.1 Å². The van der Waals surface area contributed by atoms with Crippen LogP contribution in [-0.2, 0) is 11.3 Å². The van der Waals surface area contributed by atoms with Crippen LogP contribution in [0.25, 0.3) is 10.9 Å². The van der Waals surface area contributed by atoms with Crippen molar-refractivity contribution >= 4 is 32.7 Å². The number of benzene rings is 1. The van der Waals surface area contributed by atoms with Gasteiger partial charge in [0.15, 0.2) is 5.43 Å². The molecule has 94 valence electrons. The van der Waals surface area contributed by atoms with E-state index in [-0.39, 0.29) is 17.9 Å². The van der Waals surface area contributed by atoms with Crippen molar-refractivity contribution in [2.45, 2.75) is 13.5 Å². The molecule has 3 N–H and O–H groups in total. The Morgan fingerprint density at radius 1 is 1.44 bits per heavy atom. The van der Waals surface area contributed by atoms with Crippen LogP contribution in [0.2, 0.25) is 0 Å². The molecule has 0 radical (unpaired) electrons. The summed E-state index contributed by atoms with van der Waals surface area (Å²) >= 11 is 3.33. The molecule has 0 saturated heterocycles. The standard InChI is InChI=1S/C12H12BrN3O2/c1-7-4-11(17)9-5-8(13)2-3-10(9)16(7)6-12(18)15-14/h2-5H,6,14H2,1H3,(H,15,18). The number of carbonyl (C=O) groups excluding carboxylic acids is 1. The molecule has 1 amide bonds. The quantitative estimate of drug-likeness (QED) is 0.495. The van der Waals surface area contributed by atoms with Gasteiger partial charge in [-0.2, -0.15) is 0 Å². The van der Waals surface area contributed by atoms with E-state index < -0.39 is 0 Å². The highest BCUT2D eigenvalue weighted by atomic mass is 79.9. The third-order valence-corrected chi connectivity index (χ3v) is 3.24. The van der Waals surface area contributed by atoms with Crippen molar-refractivity contribution < 1.29 is 4.79 Å². The lowest BCUT2D eigenvalue weighted by Gasteiger charge is -2.13.